The van der Waals surface area contributed by atoms with Gasteiger partial charge in [0.25, 0.3) is 0 Å². The summed E-state index contributed by atoms with van der Waals surface area (Å²) in [6.07, 6.45) is 0. The molecule has 7 heteroatoms. The average molecular weight is 317 g/mol. The third kappa shape index (κ3) is 4.36. The molecule has 0 fully saturated rings. The van der Waals surface area contributed by atoms with Gasteiger partial charge in [0, 0.05) is 10.4 Å². The maximum atomic E-state index is 12.9. The molecule has 0 aliphatic heterocycles. The van der Waals surface area contributed by atoms with Crippen LogP contribution in [-0.2, 0) is 10.0 Å². The van der Waals surface area contributed by atoms with E-state index in [0.717, 1.165) is 6.07 Å². The van der Waals surface area contributed by atoms with Gasteiger partial charge in [-0.2, -0.15) is 0 Å². The molecular weight excluding hydrogens is 309 g/mol. The van der Waals surface area contributed by atoms with Gasteiger partial charge in [-0.3, -0.25) is 4.72 Å². The van der Waals surface area contributed by atoms with E-state index in [9.17, 15) is 12.8 Å². The number of halogens is 3. The fourth-order valence-electron chi connectivity index (χ4n) is 0.945. The summed E-state index contributed by atoms with van der Waals surface area (Å²) in [6, 6.07) is 3.80. The highest BCUT2D eigenvalue weighted by Gasteiger charge is 2.10. The Balaban J connectivity index is 2.90. The first-order chi connectivity index (χ1) is 6.93. The lowest BCUT2D eigenvalue weighted by Crippen LogP contribution is -2.17. The molecular formula is C8H8BrClFNO2S. The largest absolute Gasteiger partial charge is 0.283 e. The fourth-order valence-corrected chi connectivity index (χ4v) is 2.80. The molecule has 0 bridgehead atoms. The van der Waals surface area contributed by atoms with Crippen LogP contribution in [0, 0.1) is 5.82 Å². The molecule has 1 aromatic carbocycles. The van der Waals surface area contributed by atoms with Crippen LogP contribution in [0.1, 0.15) is 0 Å². The first-order valence-corrected chi connectivity index (χ1v) is 6.93. The first kappa shape index (κ1) is 12.7. The number of hydrogen-bond acceptors (Lipinski definition) is 2. The second kappa shape index (κ2) is 5.14. The molecule has 1 rings (SSSR count). The molecule has 0 saturated heterocycles. The lowest BCUT2D eigenvalue weighted by molar-refractivity contribution is 0.602. The first-order valence-electron chi connectivity index (χ1n) is 3.95. The van der Waals surface area contributed by atoms with E-state index in [1.807, 2.05) is 0 Å². The highest BCUT2D eigenvalue weighted by molar-refractivity contribution is 9.10. The summed E-state index contributed by atoms with van der Waals surface area (Å²) in [5, 5.41) is 0. The Bertz CT molecular complexity index is 432. The van der Waals surface area contributed by atoms with Gasteiger partial charge in [0.1, 0.15) is 5.82 Å². The van der Waals surface area contributed by atoms with Gasteiger partial charge in [-0.15, -0.1) is 11.6 Å². The third-order valence-corrected chi connectivity index (χ3v) is 3.64. The highest BCUT2D eigenvalue weighted by atomic mass is 79.9. The Labute approximate surface area is 101 Å². The Kier molecular flexibility index (Phi) is 4.36. The van der Waals surface area contributed by atoms with Gasteiger partial charge in [0.2, 0.25) is 10.0 Å². The van der Waals surface area contributed by atoms with Crippen molar-refractivity contribution < 1.29 is 12.8 Å². The minimum atomic E-state index is -3.49. The molecule has 15 heavy (non-hydrogen) atoms. The van der Waals surface area contributed by atoms with Crippen molar-refractivity contribution in [3.8, 4) is 0 Å². The molecule has 0 aromatic heterocycles. The smallest absolute Gasteiger partial charge is 0.233 e. The number of hydrogen-bond donors (Lipinski definition) is 1. The summed E-state index contributed by atoms with van der Waals surface area (Å²) in [7, 11) is -3.49. The normalized spacial score (nSPS) is 11.4. The van der Waals surface area contributed by atoms with Crippen LogP contribution in [-0.4, -0.2) is 20.1 Å². The summed E-state index contributed by atoms with van der Waals surface area (Å²) in [4.78, 5) is 0. The minimum absolute atomic E-state index is 0.00812. The van der Waals surface area contributed by atoms with E-state index in [4.69, 9.17) is 11.6 Å². The van der Waals surface area contributed by atoms with Crippen LogP contribution < -0.4 is 4.72 Å². The molecule has 0 heterocycles. The van der Waals surface area contributed by atoms with E-state index in [-0.39, 0.29) is 17.3 Å². The average Bonchev–Trinajstić information content (AvgIpc) is 1.99. The topological polar surface area (TPSA) is 46.2 Å². The third-order valence-electron chi connectivity index (χ3n) is 1.48. The van der Waals surface area contributed by atoms with Crippen LogP contribution in [0.3, 0.4) is 0 Å². The quantitative estimate of drug-likeness (QED) is 0.868. The van der Waals surface area contributed by atoms with E-state index < -0.39 is 15.8 Å². The van der Waals surface area contributed by atoms with Gasteiger partial charge in [-0.1, -0.05) is 15.9 Å². The van der Waals surface area contributed by atoms with Crippen LogP contribution in [0.25, 0.3) is 0 Å². The monoisotopic (exact) mass is 315 g/mol. The summed E-state index contributed by atoms with van der Waals surface area (Å²) in [5.41, 5.74) is 0.173. The predicted octanol–water partition coefficient (Wildman–Crippen LogP) is 2.57. The van der Waals surface area contributed by atoms with Crippen molar-refractivity contribution >= 4 is 43.2 Å². The van der Waals surface area contributed by atoms with Crippen molar-refractivity contribution in [2.75, 3.05) is 16.4 Å². The van der Waals surface area contributed by atoms with E-state index in [1.165, 1.54) is 12.1 Å². The number of benzene rings is 1. The molecule has 0 atom stereocenters. The zero-order valence-corrected chi connectivity index (χ0v) is 10.7. The Hall–Kier alpha value is -0.330. The van der Waals surface area contributed by atoms with Crippen molar-refractivity contribution in [1.29, 1.82) is 0 Å². The summed E-state index contributed by atoms with van der Waals surface area (Å²) in [6.45, 7) is 0. The lowest BCUT2D eigenvalue weighted by atomic mass is 10.3. The van der Waals surface area contributed by atoms with Crippen molar-refractivity contribution in [1.82, 2.24) is 0 Å². The van der Waals surface area contributed by atoms with E-state index >= 15 is 0 Å². The van der Waals surface area contributed by atoms with Gasteiger partial charge in [0.05, 0.1) is 11.4 Å². The number of nitrogens with one attached hydrogen (secondary N) is 1. The Morgan fingerprint density at radius 2 is 2.07 bits per heavy atom. The number of sulfonamides is 1. The highest BCUT2D eigenvalue weighted by Crippen LogP contribution is 2.19. The minimum Gasteiger partial charge on any atom is -0.283 e. The van der Waals surface area contributed by atoms with Gasteiger partial charge in [-0.05, 0) is 18.2 Å². The summed E-state index contributed by atoms with van der Waals surface area (Å²) < 4.78 is 38.2. The Morgan fingerprint density at radius 1 is 1.40 bits per heavy atom. The molecule has 1 N–H and O–H groups in total. The molecule has 0 aliphatic carbocycles. The second-order valence-electron chi connectivity index (χ2n) is 2.77. The molecule has 84 valence electrons. The molecule has 1 aromatic rings. The second-order valence-corrected chi connectivity index (χ2v) is 5.90. The van der Waals surface area contributed by atoms with Gasteiger partial charge in [-0.25, -0.2) is 12.8 Å². The molecule has 0 radical (unpaired) electrons. The maximum absolute atomic E-state index is 12.9. The van der Waals surface area contributed by atoms with Gasteiger partial charge in [0.15, 0.2) is 0 Å². The van der Waals surface area contributed by atoms with Crippen LogP contribution in [0.15, 0.2) is 22.7 Å². The molecule has 0 spiro atoms. The van der Waals surface area contributed by atoms with Crippen LogP contribution >= 0.6 is 27.5 Å². The number of anilines is 1. The Morgan fingerprint density at radius 3 is 2.60 bits per heavy atom. The lowest BCUT2D eigenvalue weighted by Gasteiger charge is -2.06. The zero-order chi connectivity index (χ0) is 11.5. The predicted molar refractivity (Wildman–Crippen MR) is 62.2 cm³/mol. The van der Waals surface area contributed by atoms with Crippen molar-refractivity contribution in [2.45, 2.75) is 0 Å². The molecule has 0 amide bonds. The number of rotatable bonds is 4. The van der Waals surface area contributed by atoms with Gasteiger partial charge < -0.3 is 0 Å². The fraction of sp³-hybridized carbons (Fsp3) is 0.250. The van der Waals surface area contributed by atoms with Gasteiger partial charge >= 0.3 is 0 Å². The molecule has 0 saturated carbocycles. The standard InChI is InChI=1S/C8H8BrClFNO2S/c9-6-3-7(11)5-8(4-6)12-15(13,14)2-1-10/h3-5,12H,1-2H2. The maximum Gasteiger partial charge on any atom is 0.233 e. The number of alkyl halides is 1. The van der Waals surface area contributed by atoms with E-state index in [1.54, 1.807) is 0 Å². The van der Waals surface area contributed by atoms with E-state index in [0.29, 0.717) is 4.47 Å². The van der Waals surface area contributed by atoms with Crippen LogP contribution in [0.2, 0.25) is 0 Å². The van der Waals surface area contributed by atoms with Crippen molar-refractivity contribution in [3.63, 3.8) is 0 Å². The summed E-state index contributed by atoms with van der Waals surface area (Å²) in [5.74, 6) is -0.734. The summed E-state index contributed by atoms with van der Waals surface area (Å²) >= 11 is 8.37. The molecule has 0 aliphatic rings. The molecule has 3 nitrogen and oxygen atoms in total. The van der Waals surface area contributed by atoms with Crippen molar-refractivity contribution in [2.24, 2.45) is 0 Å². The zero-order valence-electron chi connectivity index (χ0n) is 7.50. The van der Waals surface area contributed by atoms with Crippen molar-refractivity contribution in [3.05, 3.63) is 28.5 Å². The van der Waals surface area contributed by atoms with Crippen LogP contribution in [0.4, 0.5) is 10.1 Å². The molecule has 0 unspecified atom stereocenters. The van der Waals surface area contributed by atoms with E-state index in [2.05, 4.69) is 20.7 Å². The van der Waals surface area contributed by atoms with Crippen LogP contribution in [0.5, 0.6) is 0 Å². The SMILES string of the molecule is O=S(=O)(CCCl)Nc1cc(F)cc(Br)c1.